The smallest absolute Gasteiger partial charge is 0.0723 e. The molecule has 1 aromatic rings. The fraction of sp³-hybridized carbons (Fsp3) is 0.333. The highest BCUT2D eigenvalue weighted by Crippen LogP contribution is 2.19. The Morgan fingerprint density at radius 1 is 1.46 bits per heavy atom. The van der Waals surface area contributed by atoms with Gasteiger partial charge in [-0.3, -0.25) is 0 Å². The molecule has 0 aromatic heterocycles. The van der Waals surface area contributed by atoms with Gasteiger partial charge in [0.05, 0.1) is 14.6 Å². The van der Waals surface area contributed by atoms with Crippen LogP contribution in [0.2, 0.25) is 0 Å². The van der Waals surface area contributed by atoms with Crippen LogP contribution in [0.4, 0.5) is 5.69 Å². The van der Waals surface area contributed by atoms with Crippen molar-refractivity contribution in [3.63, 3.8) is 0 Å². The number of nitrogens with two attached hydrogens (primary N) is 1. The molecule has 0 bridgehead atoms. The quantitative estimate of drug-likeness (QED) is 0.698. The molecule has 72 valence electrons. The molecule has 1 rings (SSSR count). The first kappa shape index (κ1) is 10.1. The van der Waals surface area contributed by atoms with Crippen LogP contribution >= 0.6 is 0 Å². The maximum atomic E-state index is 11.9. The van der Waals surface area contributed by atoms with Crippen molar-refractivity contribution in [3.8, 4) is 0 Å². The van der Waals surface area contributed by atoms with Crippen LogP contribution in [0, 0.1) is 6.92 Å². The predicted octanol–water partition coefficient (Wildman–Crippen LogP) is 1.66. The second-order valence-corrected chi connectivity index (χ2v) is 5.42. The Morgan fingerprint density at radius 2 is 2.08 bits per heavy atom. The number of hydrogen-bond donors (Lipinski definition) is 1. The van der Waals surface area contributed by atoms with Crippen molar-refractivity contribution in [1.29, 1.82) is 0 Å². The molecule has 2 N–H and O–H groups in total. The van der Waals surface area contributed by atoms with Gasteiger partial charge in [0, 0.05) is 19.0 Å². The first-order valence-corrected chi connectivity index (χ1v) is 5.86. The van der Waals surface area contributed by atoms with E-state index in [1.165, 1.54) is 0 Å². The largest absolute Gasteiger partial charge is 0.399 e. The van der Waals surface area contributed by atoms with Gasteiger partial charge in [-0.1, -0.05) is 6.07 Å². The lowest BCUT2D eigenvalue weighted by Crippen LogP contribution is -2.01. The van der Waals surface area contributed by atoms with E-state index in [9.17, 15) is 4.21 Å². The van der Waals surface area contributed by atoms with Gasteiger partial charge in [0.2, 0.25) is 0 Å². The third kappa shape index (κ3) is 2.01. The monoisotopic (exact) mass is 198 g/mol. The van der Waals surface area contributed by atoms with E-state index in [1.54, 1.807) is 25.4 Å². The number of nitrogen functional groups attached to an aromatic ring is 1. The second kappa shape index (κ2) is 3.38. The summed E-state index contributed by atoms with van der Waals surface area (Å²) in [6.45, 7) is 1.91. The van der Waals surface area contributed by atoms with Crippen LogP contribution in [-0.4, -0.2) is 17.5 Å². The summed E-state index contributed by atoms with van der Waals surface area (Å²) in [6, 6.07) is 5.38. The normalized spacial score (nSPS) is 15.0. The molecule has 0 aliphatic heterocycles. The van der Waals surface area contributed by atoms with Gasteiger partial charge in [0.1, 0.15) is 0 Å². The molecule has 1 atom stereocenters. The van der Waals surface area contributed by atoms with Gasteiger partial charge in [-0.15, -0.1) is 0 Å². The minimum atomic E-state index is -2.26. The van der Waals surface area contributed by atoms with Crippen LogP contribution in [0.5, 0.6) is 0 Å². The molecule has 0 aliphatic carbocycles. The van der Waals surface area contributed by atoms with E-state index in [0.717, 1.165) is 10.5 Å². The highest BCUT2D eigenvalue weighted by atomic mass is 32.2. The Balaban J connectivity index is 3.47. The molecule has 1 aromatic carbocycles. The SMILES string of the molecule is CN=S(C)(=O)c1cc(N)ccc1C. The van der Waals surface area contributed by atoms with Crippen LogP contribution in [0.15, 0.2) is 27.5 Å². The van der Waals surface area contributed by atoms with E-state index >= 15 is 0 Å². The molecule has 13 heavy (non-hydrogen) atoms. The van der Waals surface area contributed by atoms with Crippen LogP contribution in [0.3, 0.4) is 0 Å². The minimum Gasteiger partial charge on any atom is -0.399 e. The second-order valence-electron chi connectivity index (χ2n) is 3.01. The van der Waals surface area contributed by atoms with Crippen molar-refractivity contribution in [1.82, 2.24) is 0 Å². The van der Waals surface area contributed by atoms with Crippen molar-refractivity contribution in [2.45, 2.75) is 11.8 Å². The van der Waals surface area contributed by atoms with E-state index in [1.807, 2.05) is 13.0 Å². The van der Waals surface area contributed by atoms with Gasteiger partial charge in [-0.2, -0.15) is 0 Å². The van der Waals surface area contributed by atoms with Gasteiger partial charge in [-0.05, 0) is 24.6 Å². The third-order valence-corrected chi connectivity index (χ3v) is 3.92. The topological polar surface area (TPSA) is 55.5 Å². The number of hydrogen-bond acceptors (Lipinski definition) is 3. The number of nitrogens with zero attached hydrogens (tertiary/aromatic N) is 1. The highest BCUT2D eigenvalue weighted by molar-refractivity contribution is 7.93. The summed E-state index contributed by atoms with van der Waals surface area (Å²) in [5, 5.41) is 0. The summed E-state index contributed by atoms with van der Waals surface area (Å²) in [7, 11) is -0.696. The summed E-state index contributed by atoms with van der Waals surface area (Å²) >= 11 is 0. The average Bonchev–Trinajstić information content (AvgIpc) is 2.09. The first-order chi connectivity index (χ1) is 5.97. The zero-order valence-corrected chi connectivity index (χ0v) is 8.89. The maximum Gasteiger partial charge on any atom is 0.0723 e. The van der Waals surface area contributed by atoms with E-state index in [4.69, 9.17) is 5.73 Å². The zero-order chi connectivity index (χ0) is 10.1. The Labute approximate surface area is 79.1 Å². The van der Waals surface area contributed by atoms with E-state index in [2.05, 4.69) is 4.36 Å². The van der Waals surface area contributed by atoms with E-state index < -0.39 is 9.73 Å². The van der Waals surface area contributed by atoms with E-state index in [-0.39, 0.29) is 0 Å². The average molecular weight is 198 g/mol. The molecule has 0 amide bonds. The van der Waals surface area contributed by atoms with Gasteiger partial charge >= 0.3 is 0 Å². The van der Waals surface area contributed by atoms with Crippen LogP contribution in [0.1, 0.15) is 5.56 Å². The Kier molecular flexibility index (Phi) is 2.61. The number of aryl methyl sites for hydroxylation is 1. The van der Waals surface area contributed by atoms with Crippen molar-refractivity contribution in [2.24, 2.45) is 4.36 Å². The summed E-state index contributed by atoms with van der Waals surface area (Å²) in [5.41, 5.74) is 7.20. The molecule has 0 spiro atoms. The lowest BCUT2D eigenvalue weighted by molar-refractivity contribution is 0.679. The van der Waals surface area contributed by atoms with Crippen molar-refractivity contribution in [2.75, 3.05) is 19.0 Å². The lowest BCUT2D eigenvalue weighted by atomic mass is 10.2. The standard InChI is InChI=1S/C9H14N2OS/c1-7-4-5-8(10)6-9(7)13(3,12)11-2/h4-6H,10H2,1-3H3. The van der Waals surface area contributed by atoms with E-state index in [0.29, 0.717) is 5.69 Å². The molecule has 0 saturated carbocycles. The summed E-state index contributed by atoms with van der Waals surface area (Å²) in [4.78, 5) is 0.731. The molecule has 4 heteroatoms. The molecule has 1 unspecified atom stereocenters. The fourth-order valence-corrected chi connectivity index (χ4v) is 2.34. The summed E-state index contributed by atoms with van der Waals surface area (Å²) < 4.78 is 15.8. The van der Waals surface area contributed by atoms with Crippen LogP contribution < -0.4 is 5.73 Å². The Bertz CT molecular complexity index is 431. The molecular weight excluding hydrogens is 184 g/mol. The summed E-state index contributed by atoms with van der Waals surface area (Å²) in [6.07, 6.45) is 1.62. The van der Waals surface area contributed by atoms with Gasteiger partial charge < -0.3 is 5.73 Å². The van der Waals surface area contributed by atoms with Crippen molar-refractivity contribution < 1.29 is 4.21 Å². The van der Waals surface area contributed by atoms with Crippen molar-refractivity contribution >= 4 is 15.4 Å². The number of rotatable bonds is 1. The molecule has 0 radical (unpaired) electrons. The molecule has 0 heterocycles. The van der Waals surface area contributed by atoms with Crippen LogP contribution in [0.25, 0.3) is 0 Å². The third-order valence-electron chi connectivity index (χ3n) is 1.97. The Hall–Kier alpha value is -1.03. The minimum absolute atomic E-state index is 0.624. The van der Waals surface area contributed by atoms with Crippen LogP contribution in [-0.2, 0) is 9.73 Å². The lowest BCUT2D eigenvalue weighted by Gasteiger charge is -2.07. The number of anilines is 1. The first-order valence-electron chi connectivity index (χ1n) is 3.94. The molecule has 0 aliphatic rings. The molecule has 3 nitrogen and oxygen atoms in total. The number of benzene rings is 1. The fourth-order valence-electron chi connectivity index (χ4n) is 1.12. The zero-order valence-electron chi connectivity index (χ0n) is 8.07. The van der Waals surface area contributed by atoms with Gasteiger partial charge in [0.25, 0.3) is 0 Å². The van der Waals surface area contributed by atoms with Crippen molar-refractivity contribution in [3.05, 3.63) is 23.8 Å². The summed E-state index contributed by atoms with van der Waals surface area (Å²) in [5.74, 6) is 0. The highest BCUT2D eigenvalue weighted by Gasteiger charge is 2.08. The maximum absolute atomic E-state index is 11.9. The Morgan fingerprint density at radius 3 is 2.62 bits per heavy atom. The predicted molar refractivity (Wildman–Crippen MR) is 56.3 cm³/mol. The molecule has 0 fully saturated rings. The van der Waals surface area contributed by atoms with Gasteiger partial charge in [0.15, 0.2) is 0 Å². The van der Waals surface area contributed by atoms with Gasteiger partial charge in [-0.25, -0.2) is 8.57 Å². The molecule has 0 saturated heterocycles. The molecular formula is C9H14N2OS.